The van der Waals surface area contributed by atoms with E-state index in [4.69, 9.17) is 9.72 Å². The van der Waals surface area contributed by atoms with Crippen molar-refractivity contribution < 1.29 is 4.74 Å². The van der Waals surface area contributed by atoms with Crippen molar-refractivity contribution in [2.75, 3.05) is 17.7 Å². The molecular formula is C22H20N4O. The zero-order valence-electron chi connectivity index (χ0n) is 15.0. The summed E-state index contributed by atoms with van der Waals surface area (Å²) in [6, 6.07) is 23.9. The molecule has 0 spiro atoms. The molecule has 5 heteroatoms. The molecule has 4 aromatic rings. The molecule has 2 N–H and O–H groups in total. The number of benzene rings is 2. The summed E-state index contributed by atoms with van der Waals surface area (Å²) in [4.78, 5) is 8.99. The molecule has 0 saturated heterocycles. The first-order valence-electron chi connectivity index (χ1n) is 8.76. The molecule has 0 bridgehead atoms. The van der Waals surface area contributed by atoms with Crippen LogP contribution in [0.15, 0.2) is 79.0 Å². The van der Waals surface area contributed by atoms with Crippen LogP contribution in [0, 0.1) is 0 Å². The average Bonchev–Trinajstić information content (AvgIpc) is 2.73. The zero-order chi connectivity index (χ0) is 18.5. The van der Waals surface area contributed by atoms with Crippen LogP contribution in [0.1, 0.15) is 5.56 Å². The van der Waals surface area contributed by atoms with Gasteiger partial charge in [0.2, 0.25) is 0 Å². The highest BCUT2D eigenvalue weighted by atomic mass is 16.5. The Balaban J connectivity index is 1.50. The predicted octanol–water partition coefficient (Wildman–Crippen LogP) is 4.99. The fourth-order valence-electron chi connectivity index (χ4n) is 2.92. The van der Waals surface area contributed by atoms with Gasteiger partial charge in [-0.25, -0.2) is 9.97 Å². The molecule has 0 aliphatic heterocycles. The molecule has 0 radical (unpaired) electrons. The molecule has 0 fully saturated rings. The van der Waals surface area contributed by atoms with E-state index in [0.717, 1.165) is 39.5 Å². The molecular weight excluding hydrogens is 336 g/mol. The molecule has 4 rings (SSSR count). The molecule has 5 nitrogen and oxygen atoms in total. The Hall–Kier alpha value is -3.60. The van der Waals surface area contributed by atoms with Crippen LogP contribution < -0.4 is 15.4 Å². The number of hydrogen-bond donors (Lipinski definition) is 2. The van der Waals surface area contributed by atoms with E-state index in [-0.39, 0.29) is 0 Å². The van der Waals surface area contributed by atoms with Crippen LogP contribution in [-0.4, -0.2) is 17.1 Å². The van der Waals surface area contributed by atoms with E-state index < -0.39 is 0 Å². The lowest BCUT2D eigenvalue weighted by atomic mass is 10.2. The Morgan fingerprint density at radius 3 is 2.63 bits per heavy atom. The van der Waals surface area contributed by atoms with Crippen molar-refractivity contribution in [3.05, 3.63) is 84.6 Å². The second-order valence-corrected chi connectivity index (χ2v) is 6.11. The quantitative estimate of drug-likeness (QED) is 0.509. The van der Waals surface area contributed by atoms with E-state index in [1.54, 1.807) is 13.3 Å². The third-order valence-corrected chi connectivity index (χ3v) is 4.28. The van der Waals surface area contributed by atoms with Gasteiger partial charge in [0.05, 0.1) is 12.6 Å². The Kier molecular flexibility index (Phi) is 4.83. The van der Waals surface area contributed by atoms with Crippen LogP contribution in [0.5, 0.6) is 5.75 Å². The van der Waals surface area contributed by atoms with Gasteiger partial charge >= 0.3 is 0 Å². The standard InChI is InChI=1S/C22H20N4O/c1-27-20-7-3-2-6-17(20)15-24-22-12-9-16-14-18(10-11-19(16)26-22)25-21-8-4-5-13-23-21/h2-14H,15H2,1H3,(H,23,25)(H,24,26). The number of ether oxygens (including phenoxy) is 1. The lowest BCUT2D eigenvalue weighted by Gasteiger charge is -2.11. The highest BCUT2D eigenvalue weighted by Gasteiger charge is 2.04. The van der Waals surface area contributed by atoms with E-state index in [2.05, 4.69) is 27.8 Å². The highest BCUT2D eigenvalue weighted by molar-refractivity contribution is 5.84. The SMILES string of the molecule is COc1ccccc1CNc1ccc2cc(Nc3ccccn3)ccc2n1. The molecule has 0 atom stereocenters. The smallest absolute Gasteiger partial charge is 0.130 e. The molecule has 0 unspecified atom stereocenters. The predicted molar refractivity (Wildman–Crippen MR) is 110 cm³/mol. The average molecular weight is 356 g/mol. The summed E-state index contributed by atoms with van der Waals surface area (Å²) in [5.74, 6) is 2.52. The van der Waals surface area contributed by atoms with E-state index in [9.17, 15) is 0 Å². The number of para-hydroxylation sites is 1. The first kappa shape index (κ1) is 16.8. The maximum atomic E-state index is 5.39. The van der Waals surface area contributed by atoms with Crippen molar-refractivity contribution in [3.63, 3.8) is 0 Å². The number of nitrogens with one attached hydrogen (secondary N) is 2. The first-order chi connectivity index (χ1) is 13.3. The summed E-state index contributed by atoms with van der Waals surface area (Å²) >= 11 is 0. The van der Waals surface area contributed by atoms with Gasteiger partial charge in [-0.05, 0) is 48.5 Å². The second-order valence-electron chi connectivity index (χ2n) is 6.11. The fraction of sp³-hybridized carbons (Fsp3) is 0.0909. The molecule has 27 heavy (non-hydrogen) atoms. The van der Waals surface area contributed by atoms with Crippen LogP contribution >= 0.6 is 0 Å². The Bertz CT molecular complexity index is 1050. The third-order valence-electron chi connectivity index (χ3n) is 4.28. The molecule has 134 valence electrons. The van der Waals surface area contributed by atoms with E-state index in [0.29, 0.717) is 6.54 Å². The topological polar surface area (TPSA) is 59.1 Å². The summed E-state index contributed by atoms with van der Waals surface area (Å²) in [7, 11) is 1.68. The largest absolute Gasteiger partial charge is 0.496 e. The van der Waals surface area contributed by atoms with Gasteiger partial charge in [0.15, 0.2) is 0 Å². The zero-order valence-corrected chi connectivity index (χ0v) is 15.0. The van der Waals surface area contributed by atoms with Gasteiger partial charge in [0, 0.05) is 29.4 Å². The molecule has 0 saturated carbocycles. The first-order valence-corrected chi connectivity index (χ1v) is 8.76. The van der Waals surface area contributed by atoms with Gasteiger partial charge in [0.25, 0.3) is 0 Å². The summed E-state index contributed by atoms with van der Waals surface area (Å²) in [6.45, 7) is 0.655. The van der Waals surface area contributed by atoms with Crippen molar-refractivity contribution in [2.24, 2.45) is 0 Å². The van der Waals surface area contributed by atoms with Gasteiger partial charge in [-0.15, -0.1) is 0 Å². The van der Waals surface area contributed by atoms with Crippen molar-refractivity contribution in [1.82, 2.24) is 9.97 Å². The van der Waals surface area contributed by atoms with Crippen molar-refractivity contribution in [3.8, 4) is 5.75 Å². The third kappa shape index (κ3) is 3.98. The van der Waals surface area contributed by atoms with E-state index in [1.807, 2.05) is 60.7 Å². The lowest BCUT2D eigenvalue weighted by Crippen LogP contribution is -2.03. The molecule has 2 aromatic heterocycles. The number of aromatic nitrogens is 2. The monoisotopic (exact) mass is 356 g/mol. The van der Waals surface area contributed by atoms with Crippen LogP contribution in [0.3, 0.4) is 0 Å². The number of fused-ring (bicyclic) bond motifs is 1. The molecule has 2 heterocycles. The van der Waals surface area contributed by atoms with Gasteiger partial charge in [-0.3, -0.25) is 0 Å². The fourth-order valence-corrected chi connectivity index (χ4v) is 2.92. The van der Waals surface area contributed by atoms with Crippen molar-refractivity contribution in [2.45, 2.75) is 6.54 Å². The maximum Gasteiger partial charge on any atom is 0.130 e. The summed E-state index contributed by atoms with van der Waals surface area (Å²) < 4.78 is 5.39. The minimum absolute atomic E-state index is 0.655. The summed E-state index contributed by atoms with van der Waals surface area (Å²) in [6.07, 6.45) is 1.77. The molecule has 0 aliphatic rings. The number of nitrogens with zero attached hydrogens (tertiary/aromatic N) is 2. The minimum Gasteiger partial charge on any atom is -0.496 e. The van der Waals surface area contributed by atoms with Gasteiger partial charge in [-0.1, -0.05) is 24.3 Å². The van der Waals surface area contributed by atoms with E-state index in [1.165, 1.54) is 0 Å². The number of hydrogen-bond acceptors (Lipinski definition) is 5. The van der Waals surface area contributed by atoms with Crippen LogP contribution in [0.4, 0.5) is 17.3 Å². The molecule has 0 aliphatic carbocycles. The minimum atomic E-state index is 0.655. The molecule has 0 amide bonds. The van der Waals surface area contributed by atoms with Crippen LogP contribution in [-0.2, 0) is 6.54 Å². The maximum absolute atomic E-state index is 5.39. The molecule has 2 aromatic carbocycles. The lowest BCUT2D eigenvalue weighted by molar-refractivity contribution is 0.410. The summed E-state index contributed by atoms with van der Waals surface area (Å²) in [5.41, 5.74) is 3.01. The van der Waals surface area contributed by atoms with Crippen LogP contribution in [0.2, 0.25) is 0 Å². The number of pyridine rings is 2. The Morgan fingerprint density at radius 1 is 0.889 bits per heavy atom. The second kappa shape index (κ2) is 7.74. The Morgan fingerprint density at radius 2 is 1.78 bits per heavy atom. The number of anilines is 3. The van der Waals surface area contributed by atoms with Gasteiger partial charge in [-0.2, -0.15) is 0 Å². The van der Waals surface area contributed by atoms with Gasteiger partial charge in [0.1, 0.15) is 17.4 Å². The van der Waals surface area contributed by atoms with Crippen molar-refractivity contribution >= 4 is 28.2 Å². The number of rotatable bonds is 6. The van der Waals surface area contributed by atoms with E-state index >= 15 is 0 Å². The highest BCUT2D eigenvalue weighted by Crippen LogP contribution is 2.23. The summed E-state index contributed by atoms with van der Waals surface area (Å²) in [5, 5.41) is 7.74. The number of methoxy groups -OCH3 is 1. The van der Waals surface area contributed by atoms with Crippen LogP contribution in [0.25, 0.3) is 10.9 Å². The Labute approximate surface area is 158 Å². The van der Waals surface area contributed by atoms with Crippen molar-refractivity contribution in [1.29, 1.82) is 0 Å². The van der Waals surface area contributed by atoms with Gasteiger partial charge < -0.3 is 15.4 Å². The normalized spacial score (nSPS) is 10.6.